The van der Waals surface area contributed by atoms with E-state index in [0.717, 1.165) is 13.0 Å². The fourth-order valence-electron chi connectivity index (χ4n) is 7.68. The number of nitrogens with one attached hydrogen (secondary N) is 1. The number of benzene rings is 2. The molecule has 0 saturated carbocycles. The van der Waals surface area contributed by atoms with Gasteiger partial charge in [-0.05, 0) is 36.8 Å². The quantitative estimate of drug-likeness (QED) is 0.0610. The summed E-state index contributed by atoms with van der Waals surface area (Å²) in [5.41, 5.74) is 2.90. The van der Waals surface area contributed by atoms with Crippen molar-refractivity contribution in [3.05, 3.63) is 90.0 Å². The molecule has 0 spiro atoms. The number of aromatic nitrogens is 2. The van der Waals surface area contributed by atoms with Crippen LogP contribution in [0.25, 0.3) is 0 Å². The third-order valence-corrected chi connectivity index (χ3v) is 10.6. The maximum Gasteiger partial charge on any atom is 0.258 e. The van der Waals surface area contributed by atoms with Gasteiger partial charge in [0.2, 0.25) is 0 Å². The van der Waals surface area contributed by atoms with Crippen LogP contribution in [0.3, 0.4) is 0 Å². The second-order valence-electron chi connectivity index (χ2n) is 14.5. The lowest BCUT2D eigenvalue weighted by Gasteiger charge is -2.37. The number of unbranched alkanes of at least 4 members (excludes halogenated alkanes) is 19. The Morgan fingerprint density at radius 3 is 1.54 bits per heavy atom. The van der Waals surface area contributed by atoms with Gasteiger partial charge in [-0.3, -0.25) is 0 Å². The Morgan fingerprint density at radius 2 is 1.02 bits per heavy atom. The van der Waals surface area contributed by atoms with Crippen LogP contribution in [-0.4, -0.2) is 4.98 Å². The Labute approximate surface area is 285 Å². The molecule has 2 heteroatoms. The molecule has 1 heterocycles. The fourth-order valence-corrected chi connectivity index (χ4v) is 7.68. The van der Waals surface area contributed by atoms with Crippen molar-refractivity contribution in [2.75, 3.05) is 0 Å². The number of aromatic amines is 1. The number of H-pyrrole nitrogens is 1. The van der Waals surface area contributed by atoms with E-state index in [1.54, 1.807) is 0 Å². The third kappa shape index (κ3) is 14.2. The molecule has 0 fully saturated rings. The molecular weight excluding hydrogens is 556 g/mol. The summed E-state index contributed by atoms with van der Waals surface area (Å²) in [6, 6.07) is 22.5. The molecule has 0 radical (unpaired) electrons. The van der Waals surface area contributed by atoms with Gasteiger partial charge in [0.15, 0.2) is 0 Å². The van der Waals surface area contributed by atoms with E-state index in [1.807, 2.05) is 0 Å². The van der Waals surface area contributed by atoms with Crippen LogP contribution in [0.5, 0.6) is 0 Å². The van der Waals surface area contributed by atoms with Gasteiger partial charge in [-0.1, -0.05) is 203 Å². The zero-order valence-electron chi connectivity index (χ0n) is 30.4. The molecule has 46 heavy (non-hydrogen) atoms. The summed E-state index contributed by atoms with van der Waals surface area (Å²) in [6.45, 7) is 8.28. The minimum atomic E-state index is 0.00960. The first kappa shape index (κ1) is 38.1. The van der Waals surface area contributed by atoms with Crippen LogP contribution < -0.4 is 4.57 Å². The number of rotatable bonds is 28. The largest absolute Gasteiger partial charge is 0.258 e. The van der Waals surface area contributed by atoms with Crippen molar-refractivity contribution in [2.24, 2.45) is 0 Å². The van der Waals surface area contributed by atoms with Crippen molar-refractivity contribution in [3.8, 4) is 0 Å². The first-order chi connectivity index (χ1) is 22.7. The van der Waals surface area contributed by atoms with E-state index >= 15 is 0 Å². The number of nitrogens with zero attached hydrogens (tertiary/aromatic N) is 1. The molecule has 3 aromatic rings. The van der Waals surface area contributed by atoms with Gasteiger partial charge in [0.25, 0.3) is 5.82 Å². The monoisotopic (exact) mass is 628 g/mol. The maximum atomic E-state index is 3.78. The number of aryl methyl sites for hydroxylation is 1. The smallest absolute Gasteiger partial charge is 0.247 e. The highest BCUT2D eigenvalue weighted by Crippen LogP contribution is 2.43. The molecule has 2 aromatic carbocycles. The van der Waals surface area contributed by atoms with Crippen LogP contribution in [0.2, 0.25) is 0 Å². The van der Waals surface area contributed by atoms with Gasteiger partial charge in [0.05, 0.1) is 12.5 Å². The van der Waals surface area contributed by atoms with Crippen LogP contribution in [0.4, 0.5) is 0 Å². The molecule has 0 aliphatic carbocycles. The Hall–Kier alpha value is -2.35. The summed E-state index contributed by atoms with van der Waals surface area (Å²) in [4.78, 5) is 3.78. The highest BCUT2D eigenvalue weighted by atomic mass is 15.1. The lowest BCUT2D eigenvalue weighted by atomic mass is 9.66. The summed E-state index contributed by atoms with van der Waals surface area (Å²) in [5.74, 6) is 1.86. The average molecular weight is 628 g/mol. The Bertz CT molecular complexity index is 1100. The summed E-state index contributed by atoms with van der Waals surface area (Å²) in [7, 11) is 0. The van der Waals surface area contributed by atoms with Crippen LogP contribution in [0.15, 0.2) is 73.1 Å². The van der Waals surface area contributed by atoms with E-state index in [4.69, 9.17) is 0 Å². The molecule has 0 bridgehead atoms. The van der Waals surface area contributed by atoms with E-state index < -0.39 is 0 Å². The number of imidazole rings is 1. The SMILES string of the molecule is CCCCCCCCCCCCCCCCCCC[n+]1cc[nH]c1C(CCCCCC)C(C)(Cc1ccccc1)c1ccccc1. The van der Waals surface area contributed by atoms with Crippen molar-refractivity contribution in [3.63, 3.8) is 0 Å². The molecule has 0 amide bonds. The van der Waals surface area contributed by atoms with E-state index in [0.29, 0.717) is 5.92 Å². The van der Waals surface area contributed by atoms with Crippen LogP contribution in [-0.2, 0) is 18.4 Å². The Balaban J connectivity index is 1.46. The first-order valence-corrected chi connectivity index (χ1v) is 19.8. The zero-order chi connectivity index (χ0) is 32.5. The number of hydrogen-bond donors (Lipinski definition) is 1. The number of hydrogen-bond acceptors (Lipinski definition) is 0. The highest BCUT2D eigenvalue weighted by molar-refractivity contribution is 5.32. The highest BCUT2D eigenvalue weighted by Gasteiger charge is 2.41. The Kier molecular flexibility index (Phi) is 19.8. The van der Waals surface area contributed by atoms with Crippen LogP contribution in [0, 0.1) is 0 Å². The molecular formula is C44H71N2+. The topological polar surface area (TPSA) is 19.7 Å². The van der Waals surface area contributed by atoms with E-state index in [2.05, 4.69) is 103 Å². The van der Waals surface area contributed by atoms with Crippen molar-refractivity contribution >= 4 is 0 Å². The van der Waals surface area contributed by atoms with Crippen LogP contribution in [0.1, 0.15) is 185 Å². The van der Waals surface area contributed by atoms with E-state index in [9.17, 15) is 0 Å². The zero-order valence-corrected chi connectivity index (χ0v) is 30.4. The molecule has 1 aromatic heterocycles. The maximum absolute atomic E-state index is 3.78. The van der Waals surface area contributed by atoms with Crippen LogP contribution >= 0.6 is 0 Å². The van der Waals surface area contributed by atoms with E-state index in [-0.39, 0.29) is 5.41 Å². The fraction of sp³-hybridized carbons (Fsp3) is 0.659. The Morgan fingerprint density at radius 1 is 0.565 bits per heavy atom. The van der Waals surface area contributed by atoms with Crippen molar-refractivity contribution in [1.82, 2.24) is 4.98 Å². The second-order valence-corrected chi connectivity index (χ2v) is 14.5. The standard InChI is InChI=1S/C44H70N2/c1-4-6-8-10-11-12-13-14-15-16-17-18-19-20-21-22-30-37-46-38-36-45-43(46)42(35-29-9-7-5-2)44(3,41-33-27-24-28-34-41)39-40-31-25-23-26-32-40/h23-28,31-34,36,38,42H,4-22,29-30,35,37,39H2,1-3H3/p+1. The minimum Gasteiger partial charge on any atom is -0.247 e. The predicted octanol–water partition coefficient (Wildman–Crippen LogP) is 13.2. The molecule has 0 saturated heterocycles. The summed E-state index contributed by atoms with van der Waals surface area (Å²) in [6.07, 6.45) is 36.2. The lowest BCUT2D eigenvalue weighted by Crippen LogP contribution is -2.43. The summed E-state index contributed by atoms with van der Waals surface area (Å²) < 4.78 is 2.57. The van der Waals surface area contributed by atoms with Gasteiger partial charge < -0.3 is 0 Å². The molecule has 2 nitrogen and oxygen atoms in total. The molecule has 256 valence electrons. The molecule has 0 aliphatic rings. The molecule has 2 atom stereocenters. The summed E-state index contributed by atoms with van der Waals surface area (Å²) >= 11 is 0. The van der Waals surface area contributed by atoms with Crippen molar-refractivity contribution in [1.29, 1.82) is 0 Å². The molecule has 0 aliphatic heterocycles. The van der Waals surface area contributed by atoms with Gasteiger partial charge in [0, 0.05) is 5.41 Å². The normalized spacial score (nSPS) is 13.5. The lowest BCUT2D eigenvalue weighted by molar-refractivity contribution is -0.705. The summed E-state index contributed by atoms with van der Waals surface area (Å²) in [5, 5.41) is 0. The molecule has 3 rings (SSSR count). The van der Waals surface area contributed by atoms with Gasteiger partial charge in [-0.25, -0.2) is 9.55 Å². The van der Waals surface area contributed by atoms with Gasteiger partial charge >= 0.3 is 0 Å². The molecule has 2 unspecified atom stereocenters. The predicted molar refractivity (Wildman–Crippen MR) is 201 cm³/mol. The van der Waals surface area contributed by atoms with Gasteiger partial charge in [0.1, 0.15) is 12.4 Å². The van der Waals surface area contributed by atoms with Gasteiger partial charge in [-0.2, -0.15) is 0 Å². The molecule has 1 N–H and O–H groups in total. The van der Waals surface area contributed by atoms with Crippen molar-refractivity contribution in [2.45, 2.75) is 186 Å². The average Bonchev–Trinajstić information content (AvgIpc) is 3.54. The van der Waals surface area contributed by atoms with Crippen molar-refractivity contribution < 1.29 is 4.57 Å². The van der Waals surface area contributed by atoms with Gasteiger partial charge in [-0.15, -0.1) is 0 Å². The van der Waals surface area contributed by atoms with E-state index in [1.165, 1.54) is 158 Å². The third-order valence-electron chi connectivity index (χ3n) is 10.6. The second kappa shape index (κ2) is 23.9. The first-order valence-electron chi connectivity index (χ1n) is 19.8. The minimum absolute atomic E-state index is 0.00960.